The quantitative estimate of drug-likeness (QED) is 0.832. The molecule has 0 aromatic heterocycles. The van der Waals surface area contributed by atoms with Gasteiger partial charge in [-0.25, -0.2) is 4.79 Å². The Labute approximate surface area is 120 Å². The van der Waals surface area contributed by atoms with E-state index in [4.69, 9.17) is 9.47 Å². The van der Waals surface area contributed by atoms with Crippen molar-refractivity contribution in [1.29, 1.82) is 0 Å². The summed E-state index contributed by atoms with van der Waals surface area (Å²) in [5.41, 5.74) is 1.91. The molecule has 1 aromatic carbocycles. The minimum Gasteiger partial charge on any atom is -0.494 e. The zero-order chi connectivity index (χ0) is 14.8. The third kappa shape index (κ3) is 3.44. The molecule has 0 N–H and O–H groups in total. The maximum absolute atomic E-state index is 12.1. The van der Waals surface area contributed by atoms with Crippen molar-refractivity contribution in [3.8, 4) is 5.75 Å². The van der Waals surface area contributed by atoms with E-state index >= 15 is 0 Å². The van der Waals surface area contributed by atoms with Gasteiger partial charge in [0.15, 0.2) is 0 Å². The molecule has 2 rings (SSSR count). The Bertz CT molecular complexity index is 491. The molecule has 0 aliphatic carbocycles. The number of benzene rings is 1. The summed E-state index contributed by atoms with van der Waals surface area (Å²) in [7, 11) is 0. The highest BCUT2D eigenvalue weighted by Gasteiger charge is 2.26. The van der Waals surface area contributed by atoms with E-state index in [0.717, 1.165) is 17.7 Å². The standard InChI is InChI=1S/C16H23NO3/c1-5-19-14-8-6-7-12-11-17(10-9-13(12)14)15(18)20-16(2,3)4/h6-8H,5,9-11H2,1-4H3. The van der Waals surface area contributed by atoms with Crippen LogP contribution in [-0.2, 0) is 17.7 Å². The van der Waals surface area contributed by atoms with Gasteiger partial charge < -0.3 is 14.4 Å². The fourth-order valence-electron chi connectivity index (χ4n) is 2.35. The van der Waals surface area contributed by atoms with Crippen LogP contribution in [0.5, 0.6) is 5.75 Å². The minimum atomic E-state index is -0.454. The van der Waals surface area contributed by atoms with Gasteiger partial charge in [0.05, 0.1) is 6.61 Å². The molecule has 4 heteroatoms. The second kappa shape index (κ2) is 5.73. The summed E-state index contributed by atoms with van der Waals surface area (Å²) in [5.74, 6) is 0.939. The van der Waals surface area contributed by atoms with Crippen molar-refractivity contribution in [2.24, 2.45) is 0 Å². The number of amides is 1. The Kier molecular flexibility index (Phi) is 4.21. The number of hydrogen-bond donors (Lipinski definition) is 0. The first-order valence-electron chi connectivity index (χ1n) is 7.12. The van der Waals surface area contributed by atoms with E-state index in [0.29, 0.717) is 19.7 Å². The maximum atomic E-state index is 12.1. The zero-order valence-corrected chi connectivity index (χ0v) is 12.7. The lowest BCUT2D eigenvalue weighted by atomic mass is 9.99. The molecule has 1 aliphatic rings. The number of hydrogen-bond acceptors (Lipinski definition) is 3. The molecule has 0 radical (unpaired) electrons. The first kappa shape index (κ1) is 14.7. The fraction of sp³-hybridized carbons (Fsp3) is 0.562. The van der Waals surface area contributed by atoms with E-state index in [9.17, 15) is 4.79 Å². The maximum Gasteiger partial charge on any atom is 0.410 e. The zero-order valence-electron chi connectivity index (χ0n) is 12.7. The molecule has 110 valence electrons. The Morgan fingerprint density at radius 2 is 2.10 bits per heavy atom. The van der Waals surface area contributed by atoms with Gasteiger partial charge in [0.1, 0.15) is 11.4 Å². The van der Waals surface area contributed by atoms with Crippen LogP contribution in [0.4, 0.5) is 4.79 Å². The molecule has 4 nitrogen and oxygen atoms in total. The summed E-state index contributed by atoms with van der Waals surface area (Å²) in [6.45, 7) is 9.56. The molecule has 1 aliphatic heterocycles. The van der Waals surface area contributed by atoms with Gasteiger partial charge in [0.25, 0.3) is 0 Å². The number of fused-ring (bicyclic) bond motifs is 1. The molecule has 0 saturated heterocycles. The predicted molar refractivity (Wildman–Crippen MR) is 78.0 cm³/mol. The Morgan fingerprint density at radius 3 is 2.75 bits per heavy atom. The van der Waals surface area contributed by atoms with Gasteiger partial charge in [-0.2, -0.15) is 0 Å². The summed E-state index contributed by atoms with van der Waals surface area (Å²) in [6.07, 6.45) is 0.565. The molecule has 0 bridgehead atoms. The first-order valence-corrected chi connectivity index (χ1v) is 7.12. The molecule has 1 aromatic rings. The minimum absolute atomic E-state index is 0.245. The van der Waals surface area contributed by atoms with Crippen molar-refractivity contribution in [2.45, 2.75) is 46.3 Å². The van der Waals surface area contributed by atoms with Crippen LogP contribution in [-0.4, -0.2) is 29.7 Å². The van der Waals surface area contributed by atoms with Crippen LogP contribution in [0, 0.1) is 0 Å². The van der Waals surface area contributed by atoms with Crippen molar-refractivity contribution in [1.82, 2.24) is 4.90 Å². The van der Waals surface area contributed by atoms with Crippen LogP contribution in [0.3, 0.4) is 0 Å². The lowest BCUT2D eigenvalue weighted by Crippen LogP contribution is -2.40. The fourth-order valence-corrected chi connectivity index (χ4v) is 2.35. The van der Waals surface area contributed by atoms with E-state index in [1.54, 1.807) is 4.90 Å². The molecule has 0 spiro atoms. The van der Waals surface area contributed by atoms with Crippen LogP contribution in [0.15, 0.2) is 18.2 Å². The topological polar surface area (TPSA) is 38.8 Å². The number of ether oxygens (including phenoxy) is 2. The van der Waals surface area contributed by atoms with Crippen LogP contribution in [0.25, 0.3) is 0 Å². The normalized spacial score (nSPS) is 14.7. The van der Waals surface area contributed by atoms with Gasteiger partial charge in [-0.3, -0.25) is 0 Å². The van der Waals surface area contributed by atoms with Crippen molar-refractivity contribution in [2.75, 3.05) is 13.2 Å². The van der Waals surface area contributed by atoms with Gasteiger partial charge in [-0.1, -0.05) is 12.1 Å². The molecule has 0 fully saturated rings. The highest BCUT2D eigenvalue weighted by molar-refractivity contribution is 5.69. The average Bonchev–Trinajstić information content (AvgIpc) is 2.37. The van der Waals surface area contributed by atoms with Crippen molar-refractivity contribution < 1.29 is 14.3 Å². The number of carbonyl (C=O) groups excluding carboxylic acids is 1. The van der Waals surface area contributed by atoms with E-state index in [2.05, 4.69) is 0 Å². The number of nitrogens with zero attached hydrogens (tertiary/aromatic N) is 1. The summed E-state index contributed by atoms with van der Waals surface area (Å²) < 4.78 is 11.1. The summed E-state index contributed by atoms with van der Waals surface area (Å²) >= 11 is 0. The summed E-state index contributed by atoms with van der Waals surface area (Å²) in [4.78, 5) is 13.9. The monoisotopic (exact) mass is 277 g/mol. The van der Waals surface area contributed by atoms with Gasteiger partial charge in [-0.05, 0) is 45.7 Å². The second-order valence-electron chi connectivity index (χ2n) is 5.98. The van der Waals surface area contributed by atoms with Crippen molar-refractivity contribution >= 4 is 6.09 Å². The molecule has 0 unspecified atom stereocenters. The number of rotatable bonds is 2. The van der Waals surface area contributed by atoms with Crippen LogP contribution < -0.4 is 4.74 Å². The number of carbonyl (C=O) groups is 1. The summed E-state index contributed by atoms with van der Waals surface area (Å²) in [5, 5.41) is 0. The molecule has 20 heavy (non-hydrogen) atoms. The molecular formula is C16H23NO3. The second-order valence-corrected chi connectivity index (χ2v) is 5.98. The predicted octanol–water partition coefficient (Wildman–Crippen LogP) is 3.38. The average molecular weight is 277 g/mol. The lowest BCUT2D eigenvalue weighted by Gasteiger charge is -2.31. The van der Waals surface area contributed by atoms with Crippen molar-refractivity contribution in [3.05, 3.63) is 29.3 Å². The SMILES string of the molecule is CCOc1cccc2c1CCN(C(=O)OC(C)(C)C)C2. The van der Waals surface area contributed by atoms with Crippen LogP contribution in [0.1, 0.15) is 38.8 Å². The lowest BCUT2D eigenvalue weighted by molar-refractivity contribution is 0.0223. The van der Waals surface area contributed by atoms with Crippen molar-refractivity contribution in [3.63, 3.8) is 0 Å². The molecule has 1 heterocycles. The van der Waals surface area contributed by atoms with E-state index < -0.39 is 5.60 Å². The molecular weight excluding hydrogens is 254 g/mol. The smallest absolute Gasteiger partial charge is 0.410 e. The molecule has 0 atom stereocenters. The van der Waals surface area contributed by atoms with Gasteiger partial charge in [0.2, 0.25) is 0 Å². The van der Waals surface area contributed by atoms with E-state index in [-0.39, 0.29) is 6.09 Å². The Balaban J connectivity index is 2.11. The van der Waals surface area contributed by atoms with Crippen LogP contribution >= 0.6 is 0 Å². The third-order valence-electron chi connectivity index (χ3n) is 3.17. The Morgan fingerprint density at radius 1 is 1.35 bits per heavy atom. The third-order valence-corrected chi connectivity index (χ3v) is 3.17. The molecule has 1 amide bonds. The van der Waals surface area contributed by atoms with E-state index in [1.165, 1.54) is 5.56 Å². The highest BCUT2D eigenvalue weighted by atomic mass is 16.6. The van der Waals surface area contributed by atoms with Gasteiger partial charge >= 0.3 is 6.09 Å². The van der Waals surface area contributed by atoms with Gasteiger partial charge in [-0.15, -0.1) is 0 Å². The van der Waals surface area contributed by atoms with E-state index in [1.807, 2.05) is 45.9 Å². The Hall–Kier alpha value is -1.71. The highest BCUT2D eigenvalue weighted by Crippen LogP contribution is 2.28. The summed E-state index contributed by atoms with van der Waals surface area (Å²) in [6, 6.07) is 6.02. The first-order chi connectivity index (χ1) is 9.40. The van der Waals surface area contributed by atoms with Gasteiger partial charge in [0, 0.05) is 18.7 Å². The molecule has 0 saturated carbocycles. The van der Waals surface area contributed by atoms with Crippen LogP contribution in [0.2, 0.25) is 0 Å². The largest absolute Gasteiger partial charge is 0.494 e.